The van der Waals surface area contributed by atoms with Crippen molar-refractivity contribution in [3.63, 3.8) is 0 Å². The average Bonchev–Trinajstić information content (AvgIpc) is 2.64. The van der Waals surface area contributed by atoms with Crippen molar-refractivity contribution in [1.29, 1.82) is 0 Å². The van der Waals surface area contributed by atoms with Gasteiger partial charge in [0.2, 0.25) is 5.91 Å². The molecule has 0 aliphatic carbocycles. The Bertz CT molecular complexity index is 990. The summed E-state index contributed by atoms with van der Waals surface area (Å²) in [5.41, 5.74) is 2.76. The molecule has 140 valence electrons. The van der Waals surface area contributed by atoms with Crippen molar-refractivity contribution in [1.82, 2.24) is 14.9 Å². The van der Waals surface area contributed by atoms with Gasteiger partial charge in [0.25, 0.3) is 5.56 Å². The van der Waals surface area contributed by atoms with E-state index in [2.05, 4.69) is 36.3 Å². The first kappa shape index (κ1) is 18.8. The van der Waals surface area contributed by atoms with Crippen LogP contribution in [-0.4, -0.2) is 15.5 Å². The fraction of sp³-hybridized carbons (Fsp3) is 0.318. The molecule has 0 aliphatic rings. The Morgan fingerprint density at radius 2 is 1.78 bits per heavy atom. The SMILES string of the molecule is CC(C)Cc1ccc(C(C)NC(=O)Cn2cnc3ccccc3c2=O)cc1. The maximum absolute atomic E-state index is 12.5. The van der Waals surface area contributed by atoms with Crippen molar-refractivity contribution >= 4 is 16.8 Å². The summed E-state index contributed by atoms with van der Waals surface area (Å²) in [5.74, 6) is 0.398. The minimum absolute atomic E-state index is 0.0492. The third-order valence-corrected chi connectivity index (χ3v) is 4.55. The van der Waals surface area contributed by atoms with Crippen LogP contribution in [0.15, 0.2) is 59.7 Å². The number of hydrogen-bond acceptors (Lipinski definition) is 3. The predicted molar refractivity (Wildman–Crippen MR) is 108 cm³/mol. The van der Waals surface area contributed by atoms with E-state index in [0.717, 1.165) is 12.0 Å². The summed E-state index contributed by atoms with van der Waals surface area (Å²) in [5, 5.41) is 3.47. The highest BCUT2D eigenvalue weighted by molar-refractivity contribution is 5.79. The molecule has 3 rings (SSSR count). The topological polar surface area (TPSA) is 64.0 Å². The second-order valence-electron chi connectivity index (χ2n) is 7.32. The van der Waals surface area contributed by atoms with E-state index in [0.29, 0.717) is 16.8 Å². The average molecular weight is 363 g/mol. The van der Waals surface area contributed by atoms with E-state index in [9.17, 15) is 9.59 Å². The van der Waals surface area contributed by atoms with Gasteiger partial charge in [0.05, 0.1) is 23.3 Å². The van der Waals surface area contributed by atoms with Gasteiger partial charge in [-0.3, -0.25) is 14.2 Å². The van der Waals surface area contributed by atoms with Gasteiger partial charge in [-0.05, 0) is 42.5 Å². The summed E-state index contributed by atoms with van der Waals surface area (Å²) in [6, 6.07) is 15.3. The van der Waals surface area contributed by atoms with Gasteiger partial charge < -0.3 is 5.32 Å². The molecule has 27 heavy (non-hydrogen) atoms. The number of fused-ring (bicyclic) bond motifs is 1. The van der Waals surface area contributed by atoms with E-state index in [1.165, 1.54) is 16.5 Å². The van der Waals surface area contributed by atoms with Gasteiger partial charge in [-0.25, -0.2) is 4.98 Å². The zero-order chi connectivity index (χ0) is 19.4. The fourth-order valence-electron chi connectivity index (χ4n) is 3.16. The molecular weight excluding hydrogens is 338 g/mol. The fourth-order valence-corrected chi connectivity index (χ4v) is 3.16. The van der Waals surface area contributed by atoms with Gasteiger partial charge in [-0.1, -0.05) is 50.2 Å². The Hall–Kier alpha value is -2.95. The van der Waals surface area contributed by atoms with Crippen LogP contribution < -0.4 is 10.9 Å². The second-order valence-corrected chi connectivity index (χ2v) is 7.32. The number of para-hydroxylation sites is 1. The van der Waals surface area contributed by atoms with Gasteiger partial charge >= 0.3 is 0 Å². The molecule has 1 amide bonds. The van der Waals surface area contributed by atoms with Crippen LogP contribution in [-0.2, 0) is 17.8 Å². The molecule has 5 heteroatoms. The number of amides is 1. The van der Waals surface area contributed by atoms with Crippen LogP contribution in [0, 0.1) is 5.92 Å². The first-order valence-electron chi connectivity index (χ1n) is 9.26. The van der Waals surface area contributed by atoms with E-state index >= 15 is 0 Å². The number of rotatable bonds is 6. The summed E-state index contributed by atoms with van der Waals surface area (Å²) in [6.45, 7) is 6.28. The maximum atomic E-state index is 12.5. The van der Waals surface area contributed by atoms with Crippen LogP contribution in [0.4, 0.5) is 0 Å². The summed E-state index contributed by atoms with van der Waals surface area (Å²) in [4.78, 5) is 29.1. The highest BCUT2D eigenvalue weighted by Crippen LogP contribution is 2.15. The minimum atomic E-state index is -0.215. The van der Waals surface area contributed by atoms with E-state index in [1.807, 2.05) is 25.1 Å². The summed E-state index contributed by atoms with van der Waals surface area (Å²) in [6.07, 6.45) is 2.47. The number of carbonyl (C=O) groups excluding carboxylic acids is 1. The molecule has 0 fully saturated rings. The van der Waals surface area contributed by atoms with Crippen LogP contribution in [0.3, 0.4) is 0 Å². The Kier molecular flexibility index (Phi) is 5.69. The zero-order valence-electron chi connectivity index (χ0n) is 16.0. The van der Waals surface area contributed by atoms with Crippen molar-refractivity contribution in [2.24, 2.45) is 5.92 Å². The van der Waals surface area contributed by atoms with E-state index in [4.69, 9.17) is 0 Å². The number of nitrogens with one attached hydrogen (secondary N) is 1. The number of benzene rings is 2. The molecule has 5 nitrogen and oxygen atoms in total. The normalized spacial score (nSPS) is 12.3. The Labute approximate surface area is 159 Å². The third-order valence-electron chi connectivity index (χ3n) is 4.55. The molecule has 1 N–H and O–H groups in total. The Balaban J connectivity index is 1.67. The molecule has 0 aliphatic heterocycles. The van der Waals surface area contributed by atoms with Gasteiger partial charge in [0, 0.05) is 0 Å². The smallest absolute Gasteiger partial charge is 0.261 e. The number of hydrogen-bond donors (Lipinski definition) is 1. The van der Waals surface area contributed by atoms with Gasteiger partial charge in [0.15, 0.2) is 0 Å². The quantitative estimate of drug-likeness (QED) is 0.729. The first-order valence-corrected chi connectivity index (χ1v) is 9.26. The van der Waals surface area contributed by atoms with E-state index in [1.54, 1.807) is 18.2 Å². The van der Waals surface area contributed by atoms with Crippen molar-refractivity contribution in [2.45, 2.75) is 39.8 Å². The standard InChI is InChI=1S/C22H25N3O2/c1-15(2)12-17-8-10-18(11-9-17)16(3)24-21(26)13-25-14-23-20-7-5-4-6-19(20)22(25)27/h4-11,14-16H,12-13H2,1-3H3,(H,24,26). The Morgan fingerprint density at radius 1 is 1.07 bits per heavy atom. The summed E-state index contributed by atoms with van der Waals surface area (Å²) >= 11 is 0. The van der Waals surface area contributed by atoms with Crippen LogP contribution in [0.5, 0.6) is 0 Å². The maximum Gasteiger partial charge on any atom is 0.261 e. The minimum Gasteiger partial charge on any atom is -0.348 e. The van der Waals surface area contributed by atoms with Crippen LogP contribution in [0.2, 0.25) is 0 Å². The van der Waals surface area contributed by atoms with E-state index < -0.39 is 0 Å². The predicted octanol–water partition coefficient (Wildman–Crippen LogP) is 3.47. The van der Waals surface area contributed by atoms with E-state index in [-0.39, 0.29) is 24.1 Å². The first-order chi connectivity index (χ1) is 12.9. The molecule has 1 aromatic heterocycles. The summed E-state index contributed by atoms with van der Waals surface area (Å²) in [7, 11) is 0. The van der Waals surface area contributed by atoms with Crippen molar-refractivity contribution in [3.05, 3.63) is 76.3 Å². The zero-order valence-corrected chi connectivity index (χ0v) is 16.0. The Morgan fingerprint density at radius 3 is 2.48 bits per heavy atom. The molecule has 0 saturated heterocycles. The molecule has 1 unspecified atom stereocenters. The molecule has 2 aromatic carbocycles. The highest BCUT2D eigenvalue weighted by Gasteiger charge is 2.12. The number of nitrogens with zero attached hydrogens (tertiary/aromatic N) is 2. The monoisotopic (exact) mass is 363 g/mol. The van der Waals surface area contributed by atoms with Crippen molar-refractivity contribution < 1.29 is 4.79 Å². The van der Waals surface area contributed by atoms with Crippen LogP contribution >= 0.6 is 0 Å². The summed E-state index contributed by atoms with van der Waals surface area (Å²) < 4.78 is 1.34. The second kappa shape index (κ2) is 8.16. The molecule has 0 spiro atoms. The van der Waals surface area contributed by atoms with Crippen LogP contribution in [0.1, 0.15) is 37.9 Å². The molecule has 1 heterocycles. The largest absolute Gasteiger partial charge is 0.348 e. The third kappa shape index (κ3) is 4.61. The number of aromatic nitrogens is 2. The lowest BCUT2D eigenvalue weighted by Gasteiger charge is -2.16. The number of carbonyl (C=O) groups is 1. The molecule has 1 atom stereocenters. The highest BCUT2D eigenvalue weighted by atomic mass is 16.2. The molecule has 0 bridgehead atoms. The van der Waals surface area contributed by atoms with Crippen LogP contribution in [0.25, 0.3) is 10.9 Å². The molecule has 0 radical (unpaired) electrons. The van der Waals surface area contributed by atoms with Gasteiger partial charge in [-0.2, -0.15) is 0 Å². The molecular formula is C22H25N3O2. The van der Waals surface area contributed by atoms with Gasteiger partial charge in [0.1, 0.15) is 6.54 Å². The van der Waals surface area contributed by atoms with Crippen molar-refractivity contribution in [3.8, 4) is 0 Å². The lowest BCUT2D eigenvalue weighted by atomic mass is 10.00. The molecule has 0 saturated carbocycles. The lowest BCUT2D eigenvalue weighted by Crippen LogP contribution is -2.34. The molecule has 3 aromatic rings. The van der Waals surface area contributed by atoms with Gasteiger partial charge in [-0.15, -0.1) is 0 Å². The van der Waals surface area contributed by atoms with Crippen molar-refractivity contribution in [2.75, 3.05) is 0 Å². The lowest BCUT2D eigenvalue weighted by molar-refractivity contribution is -0.122.